The Kier molecular flexibility index (Phi) is 10.7. The predicted octanol–water partition coefficient (Wildman–Crippen LogP) is 6.71. The molecule has 3 aromatic rings. The van der Waals surface area contributed by atoms with Crippen LogP contribution in [0.3, 0.4) is 0 Å². The van der Waals surface area contributed by atoms with Crippen LogP contribution in [0.4, 0.5) is 10.5 Å². The van der Waals surface area contributed by atoms with Crippen LogP contribution in [0.5, 0.6) is 0 Å². The van der Waals surface area contributed by atoms with Crippen molar-refractivity contribution in [1.82, 2.24) is 10.3 Å². The Morgan fingerprint density at radius 3 is 2.40 bits per heavy atom. The number of nitrogens with zero attached hydrogens (tertiary/aromatic N) is 2. The minimum absolute atomic E-state index is 0.0595. The third kappa shape index (κ3) is 9.31. The second-order valence-corrected chi connectivity index (χ2v) is 13.7. The van der Waals surface area contributed by atoms with Gasteiger partial charge in [0.15, 0.2) is 0 Å². The first-order valence-electron chi connectivity index (χ1n) is 13.5. The Morgan fingerprint density at radius 2 is 1.80 bits per heavy atom. The largest absolute Gasteiger partial charge is 0.444 e. The second-order valence-electron chi connectivity index (χ2n) is 11.2. The first-order valence-corrected chi connectivity index (χ1v) is 15.8. The van der Waals surface area contributed by atoms with Crippen molar-refractivity contribution in [1.29, 1.82) is 0 Å². The summed E-state index contributed by atoms with van der Waals surface area (Å²) in [5.41, 5.74) is 6.13. The first kappa shape index (κ1) is 31.6. The number of alkyl carbamates (subject to hydrolysis) is 1. The lowest BCUT2D eigenvalue weighted by Gasteiger charge is -2.30. The van der Waals surface area contributed by atoms with E-state index in [1.807, 2.05) is 52.3 Å². The van der Waals surface area contributed by atoms with Crippen LogP contribution < -0.4 is 10.2 Å². The number of aryl methyl sites for hydroxylation is 2. The predicted molar refractivity (Wildman–Crippen MR) is 161 cm³/mol. The number of nitrogens with one attached hydrogen (secondary N) is 1. The molecule has 0 fully saturated rings. The Labute approximate surface area is 242 Å². The number of rotatable bonds is 12. The van der Waals surface area contributed by atoms with E-state index in [2.05, 4.69) is 35.1 Å². The molecule has 1 N–H and O–H groups in total. The van der Waals surface area contributed by atoms with Crippen LogP contribution in [0.1, 0.15) is 57.9 Å². The molecule has 0 spiro atoms. The van der Waals surface area contributed by atoms with Crippen molar-refractivity contribution in [3.05, 3.63) is 64.8 Å². The molecule has 0 aliphatic rings. The molecule has 1 aromatic heterocycles. The van der Waals surface area contributed by atoms with E-state index in [0.29, 0.717) is 25.4 Å². The van der Waals surface area contributed by atoms with Crippen LogP contribution in [-0.2, 0) is 25.6 Å². The molecule has 0 aliphatic heterocycles. The van der Waals surface area contributed by atoms with Gasteiger partial charge < -0.3 is 15.0 Å². The van der Waals surface area contributed by atoms with Gasteiger partial charge in [0.1, 0.15) is 5.60 Å². The van der Waals surface area contributed by atoms with Crippen LogP contribution in [0, 0.1) is 19.8 Å². The SMILES string of the molecule is Cc1ccc(S(=O)(=O)OCCCN(CC(C)C)c2cc(-c3scnc3C)ccc2CNC(=O)OC(C)(C)C)cc1. The number of carbonyl (C=O) groups excluding carboxylic acids is 1. The molecule has 1 heterocycles. The smallest absolute Gasteiger partial charge is 0.407 e. The first-order chi connectivity index (χ1) is 18.7. The van der Waals surface area contributed by atoms with Gasteiger partial charge in [-0.05, 0) is 76.3 Å². The molecule has 40 heavy (non-hydrogen) atoms. The summed E-state index contributed by atoms with van der Waals surface area (Å²) >= 11 is 1.58. The van der Waals surface area contributed by atoms with Crippen LogP contribution in [-0.4, -0.2) is 44.8 Å². The molecule has 0 radical (unpaired) electrons. The molecule has 3 rings (SSSR count). The van der Waals surface area contributed by atoms with Crippen LogP contribution in [0.2, 0.25) is 0 Å². The molecule has 0 bridgehead atoms. The van der Waals surface area contributed by atoms with Gasteiger partial charge >= 0.3 is 6.09 Å². The highest BCUT2D eigenvalue weighted by Crippen LogP contribution is 2.33. The monoisotopic (exact) mass is 587 g/mol. The van der Waals surface area contributed by atoms with Gasteiger partial charge in [0.2, 0.25) is 0 Å². The highest BCUT2D eigenvalue weighted by atomic mass is 32.2. The van der Waals surface area contributed by atoms with Gasteiger partial charge in [0, 0.05) is 25.3 Å². The summed E-state index contributed by atoms with van der Waals surface area (Å²) in [5, 5.41) is 2.88. The van der Waals surface area contributed by atoms with Crippen molar-refractivity contribution in [2.24, 2.45) is 5.92 Å². The van der Waals surface area contributed by atoms with Crippen molar-refractivity contribution < 1.29 is 22.1 Å². The van der Waals surface area contributed by atoms with E-state index in [1.54, 1.807) is 35.6 Å². The summed E-state index contributed by atoms with van der Waals surface area (Å²) in [7, 11) is -3.83. The standard InChI is InChI=1S/C30H41N3O5S2/c1-21(2)19-33(15-8-16-37-40(35,36)26-13-9-22(3)10-14-26)27-17-24(28-23(4)32-20-39-28)11-12-25(27)18-31-29(34)38-30(5,6)7/h9-14,17,20-21H,8,15-16,18-19H2,1-7H3,(H,31,34). The third-order valence-electron chi connectivity index (χ3n) is 5.96. The molecule has 0 unspecified atom stereocenters. The van der Waals surface area contributed by atoms with E-state index in [9.17, 15) is 13.2 Å². The van der Waals surface area contributed by atoms with Crippen molar-refractivity contribution in [3.8, 4) is 10.4 Å². The third-order valence-corrected chi connectivity index (χ3v) is 8.27. The molecule has 8 nitrogen and oxygen atoms in total. The molecule has 2 aromatic carbocycles. The number of anilines is 1. The van der Waals surface area contributed by atoms with Crippen molar-refractivity contribution in [2.45, 2.75) is 71.9 Å². The molecule has 218 valence electrons. The average Bonchev–Trinajstić information content (AvgIpc) is 3.29. The minimum Gasteiger partial charge on any atom is -0.444 e. The summed E-state index contributed by atoms with van der Waals surface area (Å²) in [5.74, 6) is 0.345. The van der Waals surface area contributed by atoms with Gasteiger partial charge in [0.25, 0.3) is 10.1 Å². The number of benzene rings is 2. The normalized spacial score (nSPS) is 12.0. The Bertz CT molecular complexity index is 1380. The maximum absolute atomic E-state index is 12.7. The van der Waals surface area contributed by atoms with E-state index in [4.69, 9.17) is 8.92 Å². The minimum atomic E-state index is -3.83. The number of thiazole rings is 1. The Balaban J connectivity index is 1.82. The van der Waals surface area contributed by atoms with E-state index in [0.717, 1.165) is 39.5 Å². The highest BCUT2D eigenvalue weighted by Gasteiger charge is 2.20. The van der Waals surface area contributed by atoms with Gasteiger partial charge in [0.05, 0.1) is 27.6 Å². The van der Waals surface area contributed by atoms with E-state index in [-0.39, 0.29) is 11.5 Å². The number of ether oxygens (including phenoxy) is 1. The van der Waals surface area contributed by atoms with E-state index in [1.165, 1.54) is 0 Å². The number of amides is 1. The van der Waals surface area contributed by atoms with Gasteiger partial charge in [-0.2, -0.15) is 8.42 Å². The summed E-state index contributed by atoms with van der Waals surface area (Å²) in [6.45, 7) is 15.3. The molecular formula is C30H41N3O5S2. The summed E-state index contributed by atoms with van der Waals surface area (Å²) < 4.78 is 36.1. The molecule has 0 saturated heterocycles. The zero-order chi connectivity index (χ0) is 29.5. The zero-order valence-corrected chi connectivity index (χ0v) is 26.1. The fourth-order valence-corrected chi connectivity index (χ4v) is 5.90. The Morgan fingerprint density at radius 1 is 1.10 bits per heavy atom. The summed E-state index contributed by atoms with van der Waals surface area (Å²) in [4.78, 5) is 20.3. The quantitative estimate of drug-likeness (QED) is 0.186. The molecule has 10 heteroatoms. The van der Waals surface area contributed by atoms with Crippen molar-refractivity contribution in [3.63, 3.8) is 0 Å². The average molecular weight is 588 g/mol. The maximum atomic E-state index is 12.7. The van der Waals surface area contributed by atoms with Gasteiger partial charge in [-0.3, -0.25) is 4.18 Å². The number of hydrogen-bond donors (Lipinski definition) is 1. The number of aromatic nitrogens is 1. The van der Waals surface area contributed by atoms with Crippen LogP contribution in [0.25, 0.3) is 10.4 Å². The topological polar surface area (TPSA) is 97.8 Å². The lowest BCUT2D eigenvalue weighted by atomic mass is 10.0. The van der Waals surface area contributed by atoms with Crippen molar-refractivity contribution in [2.75, 3.05) is 24.6 Å². The lowest BCUT2D eigenvalue weighted by molar-refractivity contribution is 0.0523. The fraction of sp³-hybridized carbons (Fsp3) is 0.467. The number of hydrogen-bond acceptors (Lipinski definition) is 8. The van der Waals surface area contributed by atoms with Crippen LogP contribution in [0.15, 0.2) is 52.9 Å². The molecule has 0 saturated carbocycles. The fourth-order valence-electron chi connectivity index (χ4n) is 4.16. The van der Waals surface area contributed by atoms with Gasteiger partial charge in [-0.1, -0.05) is 43.7 Å². The molecule has 1 amide bonds. The van der Waals surface area contributed by atoms with E-state index >= 15 is 0 Å². The van der Waals surface area contributed by atoms with Crippen LogP contribution >= 0.6 is 11.3 Å². The second kappa shape index (κ2) is 13.6. The zero-order valence-electron chi connectivity index (χ0n) is 24.5. The number of carbonyl (C=O) groups is 1. The lowest BCUT2D eigenvalue weighted by Crippen LogP contribution is -2.34. The summed E-state index contributed by atoms with van der Waals surface area (Å²) in [6.07, 6.45) is 0.0200. The summed E-state index contributed by atoms with van der Waals surface area (Å²) in [6, 6.07) is 12.8. The Hall–Kier alpha value is -2.95. The molecular weight excluding hydrogens is 546 g/mol. The van der Waals surface area contributed by atoms with E-state index < -0.39 is 21.8 Å². The van der Waals surface area contributed by atoms with Gasteiger partial charge in [-0.15, -0.1) is 11.3 Å². The van der Waals surface area contributed by atoms with Crippen molar-refractivity contribution >= 4 is 33.2 Å². The van der Waals surface area contributed by atoms with Gasteiger partial charge in [-0.25, -0.2) is 9.78 Å². The molecule has 0 atom stereocenters. The maximum Gasteiger partial charge on any atom is 0.407 e. The highest BCUT2D eigenvalue weighted by molar-refractivity contribution is 7.86. The molecule has 0 aliphatic carbocycles.